The molecular formula is C20H22FN5O. The molecule has 0 radical (unpaired) electrons. The number of benzene rings is 2. The number of rotatable bonds is 5. The van der Waals surface area contributed by atoms with Crippen LogP contribution in [0.4, 0.5) is 4.39 Å². The van der Waals surface area contributed by atoms with Gasteiger partial charge in [0, 0.05) is 20.6 Å². The summed E-state index contributed by atoms with van der Waals surface area (Å²) in [5.74, 6) is 0.477. The van der Waals surface area contributed by atoms with E-state index in [1.54, 1.807) is 13.1 Å². The minimum Gasteiger partial charge on any atom is -0.505 e. The molecule has 0 aliphatic rings. The number of phenols is 1. The molecule has 7 heteroatoms. The summed E-state index contributed by atoms with van der Waals surface area (Å²) < 4.78 is 13.4. The fourth-order valence-corrected chi connectivity index (χ4v) is 2.73. The van der Waals surface area contributed by atoms with E-state index < -0.39 is 5.82 Å². The molecule has 0 saturated carbocycles. The quantitative estimate of drug-likeness (QED) is 0.478. The molecule has 6 nitrogen and oxygen atoms in total. The molecule has 140 valence electrons. The van der Waals surface area contributed by atoms with Crippen LogP contribution in [0.2, 0.25) is 0 Å². The molecule has 3 N–H and O–H groups in total. The molecule has 0 aliphatic carbocycles. The first-order chi connectivity index (χ1) is 13.1. The number of nitrogens with zero attached hydrogens (tertiary/aromatic N) is 3. The van der Waals surface area contributed by atoms with Gasteiger partial charge in [-0.2, -0.15) is 0 Å². The summed E-state index contributed by atoms with van der Waals surface area (Å²) in [4.78, 5) is 13.9. The summed E-state index contributed by atoms with van der Waals surface area (Å²) in [5.41, 5.74) is 2.75. The Kier molecular flexibility index (Phi) is 5.71. The first-order valence-corrected chi connectivity index (χ1v) is 8.55. The van der Waals surface area contributed by atoms with Crippen molar-refractivity contribution in [2.45, 2.75) is 13.1 Å². The second-order valence-corrected chi connectivity index (χ2v) is 6.15. The third-order valence-electron chi connectivity index (χ3n) is 4.14. The molecule has 3 aromatic rings. The van der Waals surface area contributed by atoms with Gasteiger partial charge >= 0.3 is 0 Å². The standard InChI is InChI=1S/C20H22FN5O/c1-22-20(24-11-14-8-9-18(27)16(21)10-14)26(2)13-19-23-12-17(25-19)15-6-4-3-5-7-15/h3-10,12,27H,11,13H2,1-2H3,(H,22,24)(H,23,25). The smallest absolute Gasteiger partial charge is 0.194 e. The fourth-order valence-electron chi connectivity index (χ4n) is 2.73. The Labute approximate surface area is 157 Å². The molecule has 1 heterocycles. The van der Waals surface area contributed by atoms with Gasteiger partial charge < -0.3 is 20.3 Å². The highest BCUT2D eigenvalue weighted by Crippen LogP contribution is 2.17. The predicted molar refractivity (Wildman–Crippen MR) is 104 cm³/mol. The van der Waals surface area contributed by atoms with Crippen LogP contribution in [0.15, 0.2) is 59.7 Å². The summed E-state index contributed by atoms with van der Waals surface area (Å²) in [5, 5.41) is 12.4. The number of phenolic OH excluding ortho intramolecular Hbond substituents is 1. The van der Waals surface area contributed by atoms with Crippen molar-refractivity contribution in [3.05, 3.63) is 71.9 Å². The Hall–Kier alpha value is -3.35. The van der Waals surface area contributed by atoms with E-state index in [9.17, 15) is 9.50 Å². The van der Waals surface area contributed by atoms with Crippen molar-refractivity contribution in [1.82, 2.24) is 20.2 Å². The summed E-state index contributed by atoms with van der Waals surface area (Å²) >= 11 is 0. The number of aliphatic imine (C=N–C) groups is 1. The lowest BCUT2D eigenvalue weighted by Gasteiger charge is -2.21. The minimum atomic E-state index is -0.637. The molecule has 0 aliphatic heterocycles. The Morgan fingerprint density at radius 1 is 1.26 bits per heavy atom. The van der Waals surface area contributed by atoms with Crippen molar-refractivity contribution in [3.63, 3.8) is 0 Å². The third kappa shape index (κ3) is 4.63. The monoisotopic (exact) mass is 367 g/mol. The first kappa shape index (κ1) is 18.4. The van der Waals surface area contributed by atoms with E-state index in [1.165, 1.54) is 12.1 Å². The van der Waals surface area contributed by atoms with Gasteiger partial charge in [-0.05, 0) is 23.3 Å². The Morgan fingerprint density at radius 2 is 2.04 bits per heavy atom. The van der Waals surface area contributed by atoms with Crippen LogP contribution in [0.1, 0.15) is 11.4 Å². The van der Waals surface area contributed by atoms with Crippen LogP contribution in [0, 0.1) is 5.82 Å². The summed E-state index contributed by atoms with van der Waals surface area (Å²) in [6.07, 6.45) is 1.81. The van der Waals surface area contributed by atoms with Crippen molar-refractivity contribution >= 4 is 5.96 Å². The highest BCUT2D eigenvalue weighted by molar-refractivity contribution is 5.79. The van der Waals surface area contributed by atoms with Crippen molar-refractivity contribution in [1.29, 1.82) is 0 Å². The van der Waals surface area contributed by atoms with E-state index >= 15 is 0 Å². The van der Waals surface area contributed by atoms with E-state index in [2.05, 4.69) is 20.3 Å². The molecule has 0 atom stereocenters. The van der Waals surface area contributed by atoms with E-state index in [4.69, 9.17) is 0 Å². The number of hydrogen-bond acceptors (Lipinski definition) is 3. The number of aromatic nitrogens is 2. The van der Waals surface area contributed by atoms with Gasteiger partial charge in [0.25, 0.3) is 0 Å². The number of hydrogen-bond donors (Lipinski definition) is 3. The van der Waals surface area contributed by atoms with Crippen molar-refractivity contribution < 1.29 is 9.50 Å². The van der Waals surface area contributed by atoms with Crippen LogP contribution in [0.25, 0.3) is 11.3 Å². The van der Waals surface area contributed by atoms with Crippen molar-refractivity contribution in [3.8, 4) is 17.0 Å². The molecule has 0 amide bonds. The third-order valence-corrected chi connectivity index (χ3v) is 4.14. The molecule has 2 aromatic carbocycles. The van der Waals surface area contributed by atoms with E-state index in [-0.39, 0.29) is 5.75 Å². The van der Waals surface area contributed by atoms with Crippen LogP contribution >= 0.6 is 0 Å². The molecule has 0 saturated heterocycles. The molecule has 0 spiro atoms. The number of H-pyrrole nitrogens is 1. The van der Waals surface area contributed by atoms with Gasteiger partial charge in [-0.25, -0.2) is 9.37 Å². The van der Waals surface area contributed by atoms with E-state index in [0.717, 1.165) is 17.1 Å². The maximum atomic E-state index is 13.4. The maximum Gasteiger partial charge on any atom is 0.194 e. The highest BCUT2D eigenvalue weighted by Gasteiger charge is 2.10. The number of guanidine groups is 1. The average molecular weight is 367 g/mol. The zero-order valence-corrected chi connectivity index (χ0v) is 15.3. The second-order valence-electron chi connectivity index (χ2n) is 6.15. The Morgan fingerprint density at radius 3 is 2.74 bits per heavy atom. The van der Waals surface area contributed by atoms with Gasteiger partial charge in [0.15, 0.2) is 17.5 Å². The largest absolute Gasteiger partial charge is 0.505 e. The van der Waals surface area contributed by atoms with Gasteiger partial charge in [0.05, 0.1) is 18.4 Å². The van der Waals surface area contributed by atoms with Gasteiger partial charge in [0.2, 0.25) is 0 Å². The highest BCUT2D eigenvalue weighted by atomic mass is 19.1. The molecule has 0 fully saturated rings. The molecule has 27 heavy (non-hydrogen) atoms. The molecular weight excluding hydrogens is 345 g/mol. The van der Waals surface area contributed by atoms with Crippen LogP contribution in [-0.4, -0.2) is 40.0 Å². The number of nitrogens with one attached hydrogen (secondary N) is 2. The zero-order chi connectivity index (χ0) is 19.2. The molecule has 1 aromatic heterocycles. The van der Waals surface area contributed by atoms with Gasteiger partial charge in [-0.3, -0.25) is 4.99 Å². The summed E-state index contributed by atoms with van der Waals surface area (Å²) in [7, 11) is 3.59. The number of imidazole rings is 1. The topological polar surface area (TPSA) is 76.5 Å². The summed E-state index contributed by atoms with van der Waals surface area (Å²) in [6, 6.07) is 14.3. The maximum absolute atomic E-state index is 13.4. The number of aromatic hydroxyl groups is 1. The normalized spacial score (nSPS) is 11.4. The molecule has 3 rings (SSSR count). The zero-order valence-electron chi connectivity index (χ0n) is 15.3. The van der Waals surface area contributed by atoms with Crippen LogP contribution in [-0.2, 0) is 13.1 Å². The average Bonchev–Trinajstić information content (AvgIpc) is 3.14. The number of halogens is 1. The lowest BCUT2D eigenvalue weighted by molar-refractivity contribution is 0.431. The first-order valence-electron chi connectivity index (χ1n) is 8.55. The molecule has 0 unspecified atom stereocenters. The van der Waals surface area contributed by atoms with Crippen molar-refractivity contribution in [2.24, 2.45) is 4.99 Å². The second kappa shape index (κ2) is 8.35. The Balaban J connectivity index is 1.61. The number of aromatic amines is 1. The van der Waals surface area contributed by atoms with E-state index in [1.807, 2.05) is 48.5 Å². The van der Waals surface area contributed by atoms with Gasteiger partial charge in [-0.1, -0.05) is 36.4 Å². The van der Waals surface area contributed by atoms with Gasteiger partial charge in [0.1, 0.15) is 5.82 Å². The Bertz CT molecular complexity index is 923. The fraction of sp³-hybridized carbons (Fsp3) is 0.200. The SMILES string of the molecule is CN=C(NCc1ccc(O)c(F)c1)N(C)Cc1ncc(-c2ccccc2)[nH]1. The van der Waals surface area contributed by atoms with Crippen LogP contribution < -0.4 is 5.32 Å². The predicted octanol–water partition coefficient (Wildman–Crippen LogP) is 3.13. The van der Waals surface area contributed by atoms with E-state index in [0.29, 0.717) is 24.6 Å². The summed E-state index contributed by atoms with van der Waals surface area (Å²) in [6.45, 7) is 0.929. The lowest BCUT2D eigenvalue weighted by Crippen LogP contribution is -2.38. The van der Waals surface area contributed by atoms with Crippen LogP contribution in [0.3, 0.4) is 0 Å². The van der Waals surface area contributed by atoms with Crippen LogP contribution in [0.5, 0.6) is 5.75 Å². The minimum absolute atomic E-state index is 0.354. The molecule has 0 bridgehead atoms. The lowest BCUT2D eigenvalue weighted by atomic mass is 10.2. The van der Waals surface area contributed by atoms with Crippen molar-refractivity contribution in [2.75, 3.05) is 14.1 Å². The van der Waals surface area contributed by atoms with Gasteiger partial charge in [-0.15, -0.1) is 0 Å².